The molecule has 200 valence electrons. The summed E-state index contributed by atoms with van der Waals surface area (Å²) in [5, 5.41) is -0.157. The summed E-state index contributed by atoms with van der Waals surface area (Å²) in [5.74, 6) is -2.10. The van der Waals surface area contributed by atoms with Crippen molar-refractivity contribution in [1.29, 1.82) is 0 Å². The summed E-state index contributed by atoms with van der Waals surface area (Å²) in [6, 6.07) is 5.19. The van der Waals surface area contributed by atoms with Gasteiger partial charge in [0.05, 0.1) is 25.3 Å². The molecule has 0 amide bonds. The number of carbonyl (C=O) groups is 4. The number of benzene rings is 2. The molecule has 2 aromatic carbocycles. The Morgan fingerprint density at radius 2 is 1.30 bits per heavy atom. The predicted octanol–water partition coefficient (Wildman–Crippen LogP) is 5.11. The van der Waals surface area contributed by atoms with Crippen LogP contribution in [0.3, 0.4) is 0 Å². The molecule has 0 unspecified atom stereocenters. The first-order valence-electron chi connectivity index (χ1n) is 11.6. The normalized spacial score (nSPS) is 13.8. The number of rotatable bonds is 6. The van der Waals surface area contributed by atoms with Crippen molar-refractivity contribution in [2.75, 3.05) is 20.0 Å². The number of methoxy groups -OCH3 is 2. The van der Waals surface area contributed by atoms with Gasteiger partial charge in [0.25, 0.3) is 0 Å². The van der Waals surface area contributed by atoms with Crippen LogP contribution in [-0.2, 0) is 25.5 Å². The Labute approximate surface area is 219 Å². The summed E-state index contributed by atoms with van der Waals surface area (Å²) in [6.45, 7) is 3.40. The lowest BCUT2D eigenvalue weighted by Crippen LogP contribution is -2.10. The van der Waals surface area contributed by atoms with E-state index in [1.807, 2.05) is 0 Å². The van der Waals surface area contributed by atoms with Crippen LogP contribution in [0.15, 0.2) is 24.3 Å². The first-order chi connectivity index (χ1) is 17.4. The molecule has 0 atom stereocenters. The number of hydrogen-bond acceptors (Lipinski definition) is 7. The summed E-state index contributed by atoms with van der Waals surface area (Å²) >= 11 is 5.04. The fourth-order valence-corrected chi connectivity index (χ4v) is 3.40. The number of esters is 2. The molecule has 0 saturated heterocycles. The molecule has 0 bridgehead atoms. The van der Waals surface area contributed by atoms with E-state index < -0.39 is 23.6 Å². The van der Waals surface area contributed by atoms with Crippen LogP contribution < -0.4 is 5.73 Å². The van der Waals surface area contributed by atoms with Crippen molar-refractivity contribution in [2.45, 2.75) is 46.0 Å². The van der Waals surface area contributed by atoms with Gasteiger partial charge in [-0.3, -0.25) is 9.59 Å². The molecule has 4 rings (SSSR count). The molecule has 7 nitrogen and oxygen atoms in total. The highest BCUT2D eigenvalue weighted by atomic mass is 35.5. The number of ketones is 1. The smallest absolute Gasteiger partial charge is 0.340 e. The second-order valence-corrected chi connectivity index (χ2v) is 9.30. The Morgan fingerprint density at radius 3 is 1.70 bits per heavy atom. The molecular formula is C27H30ClF2NO6. The maximum absolute atomic E-state index is 13.6. The van der Waals surface area contributed by atoms with Crippen LogP contribution in [0.25, 0.3) is 0 Å². The van der Waals surface area contributed by atoms with E-state index in [4.69, 9.17) is 17.3 Å². The van der Waals surface area contributed by atoms with E-state index in [9.17, 15) is 28.0 Å². The number of halogens is 3. The van der Waals surface area contributed by atoms with E-state index in [2.05, 4.69) is 9.47 Å². The monoisotopic (exact) mass is 537 g/mol. The van der Waals surface area contributed by atoms with Gasteiger partial charge >= 0.3 is 11.9 Å². The third kappa shape index (κ3) is 8.93. The lowest BCUT2D eigenvalue weighted by atomic mass is 9.98. The average molecular weight is 538 g/mol. The molecule has 0 heterocycles. The van der Waals surface area contributed by atoms with Crippen molar-refractivity contribution in [3.63, 3.8) is 0 Å². The maximum Gasteiger partial charge on any atom is 0.340 e. The quantitative estimate of drug-likeness (QED) is 0.309. The van der Waals surface area contributed by atoms with E-state index in [1.54, 1.807) is 13.8 Å². The van der Waals surface area contributed by atoms with Gasteiger partial charge in [0.1, 0.15) is 17.4 Å². The molecular weight excluding hydrogens is 508 g/mol. The van der Waals surface area contributed by atoms with E-state index in [0.29, 0.717) is 22.4 Å². The molecule has 37 heavy (non-hydrogen) atoms. The fourth-order valence-electron chi connectivity index (χ4n) is 3.18. The van der Waals surface area contributed by atoms with Crippen molar-refractivity contribution >= 4 is 40.3 Å². The van der Waals surface area contributed by atoms with Crippen molar-refractivity contribution in [3.05, 3.63) is 63.7 Å². The Hall–Kier alpha value is -3.33. The number of nitrogen functional groups attached to an aromatic ring is 1. The lowest BCUT2D eigenvalue weighted by Gasteiger charge is -2.08. The summed E-state index contributed by atoms with van der Waals surface area (Å²) < 4.78 is 35.6. The van der Waals surface area contributed by atoms with Gasteiger partial charge in [-0.2, -0.15) is 0 Å². The number of anilines is 1. The molecule has 2 N–H and O–H groups in total. The Morgan fingerprint density at radius 1 is 0.838 bits per heavy atom. The van der Waals surface area contributed by atoms with Crippen LogP contribution >= 0.6 is 11.6 Å². The second kappa shape index (κ2) is 13.3. The number of aryl methyl sites for hydroxylation is 2. The molecule has 2 aliphatic rings. The van der Waals surface area contributed by atoms with Gasteiger partial charge in [-0.25, -0.2) is 18.4 Å². The number of ether oxygens (including phenoxy) is 2. The van der Waals surface area contributed by atoms with Gasteiger partial charge in [0.2, 0.25) is 5.24 Å². The zero-order valence-corrected chi connectivity index (χ0v) is 21.9. The largest absolute Gasteiger partial charge is 0.465 e. The summed E-state index contributed by atoms with van der Waals surface area (Å²) in [6.07, 6.45) is 4.19. The third-order valence-corrected chi connectivity index (χ3v) is 6.20. The van der Waals surface area contributed by atoms with E-state index in [0.717, 1.165) is 25.7 Å². The highest BCUT2D eigenvalue weighted by molar-refractivity contribution is 6.64. The lowest BCUT2D eigenvalue weighted by molar-refractivity contribution is -0.119. The molecule has 2 aromatic rings. The Bertz CT molecular complexity index is 1190. The number of hydrogen-bond donors (Lipinski definition) is 1. The first kappa shape index (κ1) is 29.9. The second-order valence-electron chi connectivity index (χ2n) is 8.93. The summed E-state index contributed by atoms with van der Waals surface area (Å²) in [7, 11) is 2.40. The minimum Gasteiger partial charge on any atom is -0.465 e. The maximum atomic E-state index is 13.6. The minimum atomic E-state index is -0.718. The van der Waals surface area contributed by atoms with Crippen LogP contribution in [0.4, 0.5) is 14.5 Å². The van der Waals surface area contributed by atoms with Gasteiger partial charge in [0.15, 0.2) is 0 Å². The zero-order valence-electron chi connectivity index (χ0n) is 21.2. The highest BCUT2D eigenvalue weighted by Gasteiger charge is 2.30. The Balaban J connectivity index is 0.000000220. The average Bonchev–Trinajstić information content (AvgIpc) is 3.75. The molecule has 2 saturated carbocycles. The number of nitrogens with two attached hydrogens (primary N) is 1. The molecule has 0 spiro atoms. The number of carbonyl (C=O) groups excluding carboxylic acids is 4. The SMILES string of the molecule is COC(=O)c1cc(CC(=O)C2CC2)c(C)cc1F.COC(=O)c1cc(N)c(C)cc1F.O=C(Cl)C1CC1. The minimum absolute atomic E-state index is 0.110. The van der Waals surface area contributed by atoms with Crippen LogP contribution in [0.1, 0.15) is 63.1 Å². The van der Waals surface area contributed by atoms with Gasteiger partial charge in [-0.1, -0.05) is 0 Å². The topological polar surface area (TPSA) is 113 Å². The van der Waals surface area contributed by atoms with Crippen molar-refractivity contribution < 1.29 is 37.4 Å². The third-order valence-electron chi connectivity index (χ3n) is 5.89. The molecule has 0 aromatic heterocycles. The first-order valence-corrected chi connectivity index (χ1v) is 12.0. The van der Waals surface area contributed by atoms with E-state index in [1.165, 1.54) is 38.5 Å². The van der Waals surface area contributed by atoms with E-state index in [-0.39, 0.29) is 40.4 Å². The van der Waals surface area contributed by atoms with Crippen LogP contribution in [0, 0.1) is 37.3 Å². The standard InChI is InChI=1S/C14H15FO3.C9H10FNO2.C4H5ClO/c1-8-5-12(15)11(14(17)18-2)6-10(8)7-13(16)9-3-4-9;1-5-3-7(10)6(4-8(5)11)9(12)13-2;5-4(6)3-1-2-3/h5-6,9H,3-4,7H2,1-2H3;3-4H,11H2,1-2H3;3H,1-2H2. The van der Waals surface area contributed by atoms with Gasteiger partial charge < -0.3 is 15.2 Å². The Kier molecular flexibility index (Phi) is 10.7. The van der Waals surface area contributed by atoms with Crippen LogP contribution in [-0.4, -0.2) is 37.2 Å². The summed E-state index contributed by atoms with van der Waals surface area (Å²) in [4.78, 5) is 44.1. The van der Waals surface area contributed by atoms with Crippen LogP contribution in [0.2, 0.25) is 0 Å². The molecule has 0 aliphatic heterocycles. The van der Waals surface area contributed by atoms with Gasteiger partial charge in [-0.15, -0.1) is 0 Å². The highest BCUT2D eigenvalue weighted by Crippen LogP contribution is 2.32. The van der Waals surface area contributed by atoms with E-state index >= 15 is 0 Å². The van der Waals surface area contributed by atoms with Crippen LogP contribution in [0.5, 0.6) is 0 Å². The van der Waals surface area contributed by atoms with Gasteiger partial charge in [-0.05, 0) is 92.1 Å². The van der Waals surface area contributed by atoms with Gasteiger partial charge in [0, 0.05) is 23.9 Å². The molecule has 0 radical (unpaired) electrons. The molecule has 2 aliphatic carbocycles. The summed E-state index contributed by atoms with van der Waals surface area (Å²) in [5.41, 5.74) is 7.63. The molecule has 10 heteroatoms. The van der Waals surface area contributed by atoms with Crippen molar-refractivity contribution in [2.24, 2.45) is 11.8 Å². The number of Topliss-reactive ketones (excluding diaryl/α,β-unsaturated/α-hetero) is 1. The fraction of sp³-hybridized carbons (Fsp3) is 0.407. The predicted molar refractivity (Wildman–Crippen MR) is 134 cm³/mol. The zero-order chi connectivity index (χ0) is 27.9. The van der Waals surface area contributed by atoms with Crippen molar-refractivity contribution in [3.8, 4) is 0 Å². The van der Waals surface area contributed by atoms with Crippen molar-refractivity contribution in [1.82, 2.24) is 0 Å². The molecule has 2 fully saturated rings.